The van der Waals surface area contributed by atoms with Gasteiger partial charge in [0, 0.05) is 6.21 Å². The predicted molar refractivity (Wildman–Crippen MR) is 60.9 cm³/mol. The summed E-state index contributed by atoms with van der Waals surface area (Å²) in [6.45, 7) is 6.21. The molecule has 2 heteroatoms. The van der Waals surface area contributed by atoms with Gasteiger partial charge in [0.1, 0.15) is 0 Å². The van der Waals surface area contributed by atoms with E-state index in [1.165, 1.54) is 11.8 Å². The maximum atomic E-state index is 7.47. The van der Waals surface area contributed by atoms with Gasteiger partial charge in [0.25, 0.3) is 0 Å². The van der Waals surface area contributed by atoms with E-state index in [4.69, 9.17) is 5.41 Å². The zero-order valence-corrected chi connectivity index (χ0v) is 8.90. The Hall–Kier alpha value is -1.15. The van der Waals surface area contributed by atoms with Crippen molar-refractivity contribution in [3.63, 3.8) is 0 Å². The van der Waals surface area contributed by atoms with Gasteiger partial charge in [-0.25, -0.2) is 0 Å². The Kier molecular flexibility index (Phi) is 4.33. The van der Waals surface area contributed by atoms with Crippen LogP contribution in [0.5, 0.6) is 0 Å². The molecule has 76 valence electrons. The Morgan fingerprint density at radius 2 is 1.79 bits per heavy atom. The summed E-state index contributed by atoms with van der Waals surface area (Å²) in [5, 5.41) is 7.47. The van der Waals surface area contributed by atoms with Gasteiger partial charge in [0.2, 0.25) is 0 Å². The normalized spacial score (nSPS) is 12.8. The Labute approximate surface area is 86.1 Å². The molecule has 2 nitrogen and oxygen atoms in total. The van der Waals surface area contributed by atoms with Crippen LogP contribution in [-0.4, -0.2) is 24.2 Å². The average molecular weight is 190 g/mol. The van der Waals surface area contributed by atoms with Gasteiger partial charge in [-0.1, -0.05) is 44.2 Å². The molecule has 0 radical (unpaired) electrons. The van der Waals surface area contributed by atoms with E-state index in [0.717, 1.165) is 13.1 Å². The van der Waals surface area contributed by atoms with Crippen molar-refractivity contribution in [2.24, 2.45) is 0 Å². The topological polar surface area (TPSA) is 27.1 Å². The predicted octanol–water partition coefficient (Wildman–Crippen LogP) is 2.72. The fraction of sp³-hybridized carbons (Fsp3) is 0.417. The highest BCUT2D eigenvalue weighted by Crippen LogP contribution is 2.17. The molecular weight excluding hydrogens is 172 g/mol. The van der Waals surface area contributed by atoms with E-state index in [0.29, 0.717) is 0 Å². The summed E-state index contributed by atoms with van der Waals surface area (Å²) in [7, 11) is 0. The molecule has 1 atom stereocenters. The Bertz CT molecular complexity index is 265. The number of hydrogen-bond acceptors (Lipinski definition) is 2. The Balaban J connectivity index is 2.86. The van der Waals surface area contributed by atoms with Crippen molar-refractivity contribution in [1.29, 1.82) is 5.41 Å². The second-order valence-corrected chi connectivity index (χ2v) is 3.24. The number of nitrogens with zero attached hydrogens (tertiary/aromatic N) is 1. The first-order chi connectivity index (χ1) is 6.83. The third kappa shape index (κ3) is 2.42. The van der Waals surface area contributed by atoms with Gasteiger partial charge >= 0.3 is 0 Å². The molecule has 0 aliphatic carbocycles. The monoisotopic (exact) mass is 190 g/mol. The van der Waals surface area contributed by atoms with Crippen LogP contribution in [0, 0.1) is 5.41 Å². The standard InChI is InChI=1S/C12H18N2/c1-3-14(4-2)12(10-13)11-8-6-5-7-9-11/h5-10,12-13H,3-4H2,1-2H3. The smallest absolute Gasteiger partial charge is 0.0698 e. The zero-order valence-electron chi connectivity index (χ0n) is 8.90. The molecule has 1 rings (SSSR count). The van der Waals surface area contributed by atoms with Gasteiger partial charge < -0.3 is 5.41 Å². The molecule has 0 heterocycles. The molecule has 0 saturated heterocycles. The van der Waals surface area contributed by atoms with Crippen LogP contribution in [-0.2, 0) is 0 Å². The van der Waals surface area contributed by atoms with Crippen LogP contribution in [0.25, 0.3) is 0 Å². The fourth-order valence-electron chi connectivity index (χ4n) is 1.68. The van der Waals surface area contributed by atoms with Crippen LogP contribution >= 0.6 is 0 Å². The van der Waals surface area contributed by atoms with Crippen LogP contribution in [0.3, 0.4) is 0 Å². The molecule has 1 unspecified atom stereocenters. The van der Waals surface area contributed by atoms with Gasteiger partial charge in [0.15, 0.2) is 0 Å². The quantitative estimate of drug-likeness (QED) is 0.710. The maximum Gasteiger partial charge on any atom is 0.0698 e. The minimum absolute atomic E-state index is 0.131. The molecule has 1 aromatic rings. The van der Waals surface area contributed by atoms with Gasteiger partial charge in [-0.15, -0.1) is 0 Å². The van der Waals surface area contributed by atoms with E-state index in [1.54, 1.807) is 0 Å². The van der Waals surface area contributed by atoms with Crippen molar-refractivity contribution < 1.29 is 0 Å². The Morgan fingerprint density at radius 1 is 1.21 bits per heavy atom. The molecule has 1 N–H and O–H groups in total. The summed E-state index contributed by atoms with van der Waals surface area (Å²) in [5.74, 6) is 0. The summed E-state index contributed by atoms with van der Waals surface area (Å²) in [6, 6.07) is 10.3. The van der Waals surface area contributed by atoms with Crippen molar-refractivity contribution in [2.75, 3.05) is 13.1 Å². The molecule has 0 bridgehead atoms. The first-order valence-corrected chi connectivity index (χ1v) is 5.13. The minimum Gasteiger partial charge on any atom is -0.311 e. The lowest BCUT2D eigenvalue weighted by Crippen LogP contribution is -2.29. The van der Waals surface area contributed by atoms with E-state index in [1.807, 2.05) is 18.2 Å². The van der Waals surface area contributed by atoms with Crippen molar-refractivity contribution in [2.45, 2.75) is 19.9 Å². The largest absolute Gasteiger partial charge is 0.311 e. The third-order valence-electron chi connectivity index (χ3n) is 2.50. The first-order valence-electron chi connectivity index (χ1n) is 5.13. The molecule has 0 spiro atoms. The van der Waals surface area contributed by atoms with Crippen LogP contribution in [0.2, 0.25) is 0 Å². The van der Waals surface area contributed by atoms with Crippen LogP contribution in [0.4, 0.5) is 0 Å². The molecule has 0 aromatic heterocycles. The maximum absolute atomic E-state index is 7.47. The lowest BCUT2D eigenvalue weighted by molar-refractivity contribution is 0.274. The lowest BCUT2D eigenvalue weighted by atomic mass is 10.1. The van der Waals surface area contributed by atoms with E-state index < -0.39 is 0 Å². The second-order valence-electron chi connectivity index (χ2n) is 3.24. The van der Waals surface area contributed by atoms with E-state index in [9.17, 15) is 0 Å². The second kappa shape index (κ2) is 5.55. The summed E-state index contributed by atoms with van der Waals surface area (Å²) < 4.78 is 0. The van der Waals surface area contributed by atoms with E-state index in [2.05, 4.69) is 30.9 Å². The average Bonchev–Trinajstić information content (AvgIpc) is 2.27. The summed E-state index contributed by atoms with van der Waals surface area (Å²) in [5.41, 5.74) is 1.20. The van der Waals surface area contributed by atoms with Crippen LogP contribution < -0.4 is 0 Å². The Morgan fingerprint density at radius 3 is 2.21 bits per heavy atom. The molecule has 0 amide bonds. The van der Waals surface area contributed by atoms with Crippen molar-refractivity contribution in [1.82, 2.24) is 4.90 Å². The van der Waals surface area contributed by atoms with Crippen LogP contribution in [0.1, 0.15) is 25.5 Å². The molecule has 0 aliphatic heterocycles. The summed E-state index contributed by atoms with van der Waals surface area (Å²) in [6.07, 6.45) is 1.52. The van der Waals surface area contributed by atoms with Gasteiger partial charge in [-0.2, -0.15) is 0 Å². The highest BCUT2D eigenvalue weighted by molar-refractivity contribution is 5.64. The third-order valence-corrected chi connectivity index (χ3v) is 2.50. The van der Waals surface area contributed by atoms with Crippen molar-refractivity contribution >= 4 is 6.21 Å². The number of rotatable bonds is 5. The zero-order chi connectivity index (χ0) is 10.4. The van der Waals surface area contributed by atoms with Crippen molar-refractivity contribution in [3.05, 3.63) is 35.9 Å². The van der Waals surface area contributed by atoms with Crippen molar-refractivity contribution in [3.8, 4) is 0 Å². The lowest BCUT2D eigenvalue weighted by Gasteiger charge is -2.26. The molecule has 0 saturated carbocycles. The SMILES string of the molecule is CCN(CC)C(C=N)c1ccccc1. The van der Waals surface area contributed by atoms with E-state index >= 15 is 0 Å². The number of benzene rings is 1. The molecule has 0 fully saturated rings. The number of nitrogens with one attached hydrogen (secondary N) is 1. The molecule has 0 aliphatic rings. The van der Waals surface area contributed by atoms with Gasteiger partial charge in [-0.05, 0) is 18.7 Å². The minimum atomic E-state index is 0.131. The van der Waals surface area contributed by atoms with Gasteiger partial charge in [-0.3, -0.25) is 4.90 Å². The number of hydrogen-bond donors (Lipinski definition) is 1. The van der Waals surface area contributed by atoms with E-state index in [-0.39, 0.29) is 6.04 Å². The molecule has 14 heavy (non-hydrogen) atoms. The van der Waals surface area contributed by atoms with Gasteiger partial charge in [0.05, 0.1) is 6.04 Å². The molecule has 1 aromatic carbocycles. The summed E-state index contributed by atoms with van der Waals surface area (Å²) in [4.78, 5) is 2.27. The first kappa shape index (κ1) is 10.9. The highest BCUT2D eigenvalue weighted by Gasteiger charge is 2.13. The summed E-state index contributed by atoms with van der Waals surface area (Å²) >= 11 is 0. The fourth-order valence-corrected chi connectivity index (χ4v) is 1.68. The molecular formula is C12H18N2. The highest BCUT2D eigenvalue weighted by atomic mass is 15.1. The van der Waals surface area contributed by atoms with Crippen LogP contribution in [0.15, 0.2) is 30.3 Å².